The lowest BCUT2D eigenvalue weighted by Crippen LogP contribution is -2.60. The van der Waals surface area contributed by atoms with Gasteiger partial charge in [0, 0.05) is 31.2 Å². The lowest BCUT2D eigenvalue weighted by molar-refractivity contribution is -0.274. The van der Waals surface area contributed by atoms with Gasteiger partial charge in [-0.3, -0.25) is 0 Å². The summed E-state index contributed by atoms with van der Waals surface area (Å²) in [4.78, 5) is 11.1. The van der Waals surface area contributed by atoms with E-state index in [1.807, 2.05) is 0 Å². The summed E-state index contributed by atoms with van der Waals surface area (Å²) in [5.74, 6) is 2.12. The minimum Gasteiger partial charge on any atom is -0.405 e. The fraction of sp³-hybridized carbons (Fsp3) is 0.621. The summed E-state index contributed by atoms with van der Waals surface area (Å²) in [7, 11) is 2.13. The lowest BCUT2D eigenvalue weighted by Gasteiger charge is -2.62. The van der Waals surface area contributed by atoms with E-state index in [9.17, 15) is 28.6 Å². The monoisotopic (exact) mass is 574 g/mol. The number of nitrogens with zero attached hydrogens (tertiary/aromatic N) is 4. The molecular weight excluding hydrogens is 537 g/mol. The van der Waals surface area contributed by atoms with Crippen molar-refractivity contribution in [3.8, 4) is 11.8 Å². The van der Waals surface area contributed by atoms with Crippen molar-refractivity contribution in [1.82, 2.24) is 14.9 Å². The van der Waals surface area contributed by atoms with Gasteiger partial charge in [0.15, 0.2) is 0 Å². The van der Waals surface area contributed by atoms with E-state index in [1.165, 1.54) is 37.2 Å². The Hall–Kier alpha value is -3.14. The molecule has 0 aliphatic heterocycles. The number of halogens is 3. The first kappa shape index (κ1) is 29.4. The van der Waals surface area contributed by atoms with Crippen molar-refractivity contribution >= 4 is 11.8 Å². The van der Waals surface area contributed by atoms with Gasteiger partial charge >= 0.3 is 6.36 Å². The van der Waals surface area contributed by atoms with Crippen LogP contribution < -0.4 is 15.4 Å². The maximum absolute atomic E-state index is 12.8. The van der Waals surface area contributed by atoms with Gasteiger partial charge in [0.2, 0.25) is 5.95 Å². The average molecular weight is 575 g/mol. The first-order chi connectivity index (χ1) is 19.6. The van der Waals surface area contributed by atoms with E-state index >= 15 is 0 Å². The Labute approximate surface area is 237 Å². The van der Waals surface area contributed by atoms with E-state index < -0.39 is 12.5 Å². The number of anilines is 2. The van der Waals surface area contributed by atoms with Gasteiger partial charge in [-0.15, -0.1) is 13.2 Å². The van der Waals surface area contributed by atoms with E-state index in [2.05, 4.69) is 43.4 Å². The van der Waals surface area contributed by atoms with Crippen LogP contribution in [0.1, 0.15) is 49.7 Å². The Morgan fingerprint density at radius 2 is 1.93 bits per heavy atom. The molecule has 4 fully saturated rings. The highest BCUT2D eigenvalue weighted by molar-refractivity contribution is 5.53. The molecule has 1 unspecified atom stereocenters. The molecule has 41 heavy (non-hydrogen) atoms. The number of benzene rings is 1. The molecule has 1 aromatic heterocycles. The summed E-state index contributed by atoms with van der Waals surface area (Å²) < 4.78 is 42.5. The zero-order valence-corrected chi connectivity index (χ0v) is 23.1. The highest BCUT2D eigenvalue weighted by atomic mass is 19.4. The summed E-state index contributed by atoms with van der Waals surface area (Å²) in [6, 6.07) is 8.48. The number of nitrogens with one attached hydrogen (secondary N) is 2. The standard InChI is InChI=1S/C29H37F3N6O3/c1-38(7-6-23(40)16-39)25-20-8-18-9-21(25)12-28(10-18,11-20)17-36-26-22(13-33)15-35-27(37-26)34-14-19-4-2-3-5-24(19)41-29(30,31)32/h2-5,15,18,20-21,23,25,39-40H,6-12,14,16-17H2,1H3,(H2,34,35,36,37)/t18?,20-,21+,23-,25-,28+/m0/s1. The highest BCUT2D eigenvalue weighted by Gasteiger charge is 2.56. The van der Waals surface area contributed by atoms with Crippen LogP contribution in [0.5, 0.6) is 5.75 Å². The zero-order valence-electron chi connectivity index (χ0n) is 23.1. The SMILES string of the molecule is CN(CC[C@H](O)CO)[C@@H]1[C@@H]2CC3C[C@H]1C[C@](CNc1nc(NCc4ccccc4OC(F)(F)F)ncc1C#N)(C3)C2. The first-order valence-corrected chi connectivity index (χ1v) is 14.2. The van der Waals surface area contributed by atoms with Crippen molar-refractivity contribution < 1.29 is 28.1 Å². The van der Waals surface area contributed by atoms with Gasteiger partial charge in [-0.1, -0.05) is 18.2 Å². The van der Waals surface area contributed by atoms with Crippen LogP contribution >= 0.6 is 0 Å². The molecule has 4 N–H and O–H groups in total. The molecule has 0 spiro atoms. The van der Waals surface area contributed by atoms with Gasteiger partial charge in [-0.05, 0) is 74.8 Å². The number of nitriles is 1. The molecule has 12 heteroatoms. The van der Waals surface area contributed by atoms with Gasteiger partial charge in [-0.25, -0.2) is 4.98 Å². The number of para-hydroxylation sites is 1. The summed E-state index contributed by atoms with van der Waals surface area (Å²) in [5.41, 5.74) is 0.713. The molecule has 6 rings (SSSR count). The topological polar surface area (TPSA) is 127 Å². The Kier molecular flexibility index (Phi) is 8.59. The van der Waals surface area contributed by atoms with Crippen molar-refractivity contribution in [2.45, 2.75) is 63.6 Å². The van der Waals surface area contributed by atoms with E-state index in [0.29, 0.717) is 53.7 Å². The second-order valence-electron chi connectivity index (χ2n) is 12.0. The number of alkyl halides is 3. The largest absolute Gasteiger partial charge is 0.573 e. The van der Waals surface area contributed by atoms with Crippen LogP contribution in [-0.2, 0) is 6.54 Å². The number of hydrogen-bond acceptors (Lipinski definition) is 9. The molecule has 1 heterocycles. The van der Waals surface area contributed by atoms with Crippen molar-refractivity contribution in [2.75, 3.05) is 37.4 Å². The Morgan fingerprint density at radius 3 is 2.61 bits per heavy atom. The van der Waals surface area contributed by atoms with Gasteiger partial charge < -0.3 is 30.5 Å². The summed E-state index contributed by atoms with van der Waals surface area (Å²) in [6.45, 7) is 1.23. The molecular formula is C29H37F3N6O3. The zero-order chi connectivity index (χ0) is 29.2. The average Bonchev–Trinajstić information content (AvgIpc) is 2.93. The van der Waals surface area contributed by atoms with E-state index in [1.54, 1.807) is 6.07 Å². The molecule has 0 radical (unpaired) electrons. The van der Waals surface area contributed by atoms with Crippen molar-refractivity contribution in [2.24, 2.45) is 23.2 Å². The maximum Gasteiger partial charge on any atom is 0.573 e. The first-order valence-electron chi connectivity index (χ1n) is 14.2. The van der Waals surface area contributed by atoms with Crippen LogP contribution in [-0.4, -0.2) is 70.3 Å². The normalized spacial score (nSPS) is 27.5. The molecule has 4 bridgehead atoms. The van der Waals surface area contributed by atoms with Crippen molar-refractivity contribution in [3.63, 3.8) is 0 Å². The minimum atomic E-state index is -4.80. The smallest absolute Gasteiger partial charge is 0.405 e. The second kappa shape index (κ2) is 12.0. The molecule has 0 saturated heterocycles. The Morgan fingerprint density at radius 1 is 1.20 bits per heavy atom. The number of aromatic nitrogens is 2. The Bertz CT molecular complexity index is 1240. The van der Waals surface area contributed by atoms with E-state index in [-0.39, 0.29) is 30.3 Å². The molecule has 2 aromatic rings. The van der Waals surface area contributed by atoms with E-state index in [0.717, 1.165) is 25.8 Å². The predicted molar refractivity (Wildman–Crippen MR) is 146 cm³/mol. The van der Waals surface area contributed by atoms with Crippen LogP contribution in [0.15, 0.2) is 30.5 Å². The molecule has 4 aliphatic carbocycles. The van der Waals surface area contributed by atoms with Gasteiger partial charge in [0.05, 0.1) is 18.9 Å². The van der Waals surface area contributed by atoms with Gasteiger partial charge in [0.25, 0.3) is 0 Å². The lowest BCUT2D eigenvalue weighted by atomic mass is 9.47. The van der Waals surface area contributed by atoms with Crippen LogP contribution in [0.3, 0.4) is 0 Å². The number of aliphatic hydroxyl groups excluding tert-OH is 2. The van der Waals surface area contributed by atoms with Crippen LogP contribution in [0.4, 0.5) is 24.9 Å². The molecule has 9 nitrogen and oxygen atoms in total. The van der Waals surface area contributed by atoms with Crippen LogP contribution in [0.25, 0.3) is 0 Å². The van der Waals surface area contributed by atoms with E-state index in [4.69, 9.17) is 0 Å². The van der Waals surface area contributed by atoms with Crippen molar-refractivity contribution in [1.29, 1.82) is 5.26 Å². The number of hydrogen-bond donors (Lipinski definition) is 4. The van der Waals surface area contributed by atoms with Gasteiger partial charge in [0.1, 0.15) is 23.2 Å². The highest BCUT2D eigenvalue weighted by Crippen LogP contribution is 2.61. The fourth-order valence-electron chi connectivity index (χ4n) is 7.70. The van der Waals surface area contributed by atoms with Gasteiger partial charge in [-0.2, -0.15) is 10.2 Å². The summed E-state index contributed by atoms with van der Waals surface area (Å²) in [5, 5.41) is 35.1. The fourth-order valence-corrected chi connectivity index (χ4v) is 7.70. The molecule has 6 atom stereocenters. The third-order valence-corrected chi connectivity index (χ3v) is 9.06. The predicted octanol–water partition coefficient (Wildman–Crippen LogP) is 4.14. The van der Waals surface area contributed by atoms with Crippen LogP contribution in [0.2, 0.25) is 0 Å². The minimum absolute atomic E-state index is 0.0107. The molecule has 1 aromatic carbocycles. The molecule has 222 valence electrons. The van der Waals surface area contributed by atoms with Crippen LogP contribution in [0, 0.1) is 34.5 Å². The third kappa shape index (κ3) is 6.85. The number of aliphatic hydroxyl groups is 2. The molecule has 4 saturated carbocycles. The maximum atomic E-state index is 12.8. The van der Waals surface area contributed by atoms with Crippen molar-refractivity contribution in [3.05, 3.63) is 41.6 Å². The quantitative estimate of drug-likeness (QED) is 0.296. The Balaban J connectivity index is 1.23. The molecule has 0 amide bonds. The third-order valence-electron chi connectivity index (χ3n) is 9.06. The number of rotatable bonds is 12. The summed E-state index contributed by atoms with van der Waals surface area (Å²) >= 11 is 0. The molecule has 4 aliphatic rings. The summed E-state index contributed by atoms with van der Waals surface area (Å²) in [6.07, 6.45) is 2.21. The number of ether oxygens (including phenoxy) is 1. The second-order valence-corrected chi connectivity index (χ2v) is 12.0.